The van der Waals surface area contributed by atoms with E-state index in [0.717, 1.165) is 22.3 Å². The average molecular weight is 1520 g/mol. The number of amides is 8. The molecule has 104 heavy (non-hydrogen) atoms. The molecule has 0 aliphatic carbocycles. The van der Waals surface area contributed by atoms with Crippen molar-refractivity contribution in [3.05, 3.63) is 109 Å². The Balaban J connectivity index is 0.000000595. The van der Waals surface area contributed by atoms with E-state index in [1.54, 1.807) is 73.6 Å². The summed E-state index contributed by atoms with van der Waals surface area (Å²) in [7, 11) is -10.6. The Morgan fingerprint density at radius 1 is 0.577 bits per heavy atom. The molecule has 9 N–H and O–H groups in total. The molecule has 0 aromatic heterocycles. The van der Waals surface area contributed by atoms with Crippen LogP contribution in [0.3, 0.4) is 0 Å². The van der Waals surface area contributed by atoms with Gasteiger partial charge in [-0.15, -0.1) is 13.2 Å². The molecule has 29 heteroatoms. The summed E-state index contributed by atoms with van der Waals surface area (Å²) in [6.07, 6.45) is 10.5. The van der Waals surface area contributed by atoms with Crippen LogP contribution in [-0.2, 0) is 56.8 Å². The normalized spacial score (nSPS) is 18.2. The van der Waals surface area contributed by atoms with Crippen molar-refractivity contribution in [3.8, 4) is 0 Å². The van der Waals surface area contributed by atoms with Gasteiger partial charge in [0.15, 0.2) is 8.32 Å². The molecule has 0 bridgehead atoms. The second-order valence-corrected chi connectivity index (χ2v) is 42.1. The van der Waals surface area contributed by atoms with Gasteiger partial charge in [-0.1, -0.05) is 157 Å². The molecule has 12 atom stereocenters. The summed E-state index contributed by atoms with van der Waals surface area (Å²) < 4.78 is 68.8. The van der Waals surface area contributed by atoms with E-state index in [9.17, 15) is 65.1 Å². The van der Waals surface area contributed by atoms with Crippen molar-refractivity contribution < 1.29 is 73.4 Å². The first kappa shape index (κ1) is 93.2. The number of nitrogens with one attached hydrogen (secondary N) is 8. The third-order valence-electron chi connectivity index (χ3n) is 19.4. The molecule has 0 radical (unpaired) electrons. The van der Waals surface area contributed by atoms with Crippen LogP contribution in [0.25, 0.3) is 12.2 Å². The third kappa shape index (κ3) is 28.8. The first-order valence-electron chi connectivity index (χ1n) is 35.9. The van der Waals surface area contributed by atoms with E-state index in [1.165, 1.54) is 23.1 Å². The molecule has 23 nitrogen and oxygen atoms in total. The van der Waals surface area contributed by atoms with Gasteiger partial charge >= 0.3 is 15.6 Å². The number of alkyl halides is 3. The molecular formula is C75H123F3N10O13SSi2. The molecule has 2 aromatic carbocycles. The smallest absolute Gasteiger partial charge is 0.413 e. The Labute approximate surface area is 619 Å². The summed E-state index contributed by atoms with van der Waals surface area (Å²) >= 11 is 0. The van der Waals surface area contributed by atoms with Crippen LogP contribution in [0, 0.1) is 23.7 Å². The zero-order valence-electron chi connectivity index (χ0n) is 65.2. The number of aliphatic hydroxyl groups excluding tert-OH is 1. The lowest BCUT2D eigenvalue weighted by Gasteiger charge is -2.41. The Hall–Kier alpha value is -6.87. The lowest BCUT2D eigenvalue weighted by Crippen LogP contribution is -2.62. The van der Waals surface area contributed by atoms with E-state index in [1.807, 2.05) is 89.2 Å². The highest BCUT2D eigenvalue weighted by Gasteiger charge is 2.53. The second-order valence-electron chi connectivity index (χ2n) is 30.8. The Bertz CT molecular complexity index is 3360. The first-order chi connectivity index (χ1) is 47.9. The topological polar surface area (TPSA) is 312 Å². The Kier molecular flexibility index (Phi) is 37.0. The van der Waals surface area contributed by atoms with Crippen molar-refractivity contribution >= 4 is 86.2 Å². The highest BCUT2D eigenvalue weighted by Crippen LogP contribution is 2.41. The van der Waals surface area contributed by atoms with E-state index in [4.69, 9.17) is 4.43 Å². The fourth-order valence-corrected chi connectivity index (χ4v) is 15.4. The fraction of sp³-hybridized carbons (Fsp3) is 0.627. The van der Waals surface area contributed by atoms with Crippen molar-refractivity contribution in [2.45, 2.75) is 264 Å². The minimum Gasteiger partial charge on any atom is -0.413 e. The third-order valence-corrected chi connectivity index (χ3v) is 30.7. The van der Waals surface area contributed by atoms with E-state index in [0.29, 0.717) is 64.5 Å². The van der Waals surface area contributed by atoms with Gasteiger partial charge in [0.05, 0.1) is 36.1 Å². The van der Waals surface area contributed by atoms with Gasteiger partial charge in [0.25, 0.3) is 11.8 Å². The lowest BCUT2D eigenvalue weighted by molar-refractivity contribution is -0.144. The van der Waals surface area contributed by atoms with Crippen LogP contribution in [0.1, 0.15) is 196 Å². The first-order valence-corrected chi connectivity index (χ1v) is 43.2. The average Bonchev–Trinajstić information content (AvgIpc) is 0.777. The molecule has 2 aliphatic heterocycles. The van der Waals surface area contributed by atoms with Crippen molar-refractivity contribution in [2.24, 2.45) is 23.7 Å². The molecule has 4 rings (SSSR count). The van der Waals surface area contributed by atoms with Crippen LogP contribution in [0.15, 0.2) is 87.0 Å². The summed E-state index contributed by atoms with van der Waals surface area (Å²) in [5.41, 5.74) is 4.56. The monoisotopic (exact) mass is 1520 g/mol. The summed E-state index contributed by atoms with van der Waals surface area (Å²) in [6, 6.07) is 10.4. The van der Waals surface area contributed by atoms with Crippen molar-refractivity contribution in [1.82, 2.24) is 52.8 Å². The van der Waals surface area contributed by atoms with Crippen molar-refractivity contribution in [1.29, 1.82) is 0 Å². The second kappa shape index (κ2) is 41.3. The van der Waals surface area contributed by atoms with Gasteiger partial charge in [-0.2, -0.15) is 21.6 Å². The summed E-state index contributed by atoms with van der Waals surface area (Å²) in [6.45, 7) is 52.3. The van der Waals surface area contributed by atoms with Crippen molar-refractivity contribution in [2.75, 3.05) is 13.1 Å². The number of benzene rings is 2. The molecule has 2 aliphatic rings. The SMILES string of the molecule is C=CCC[C@@H](O)[C@@H](C)C(=O)N[C@H](C(=O)N[C@@H](C)C(=O)N1CCC[C@@H](C(=O)N[C@H](C)c2cccc(C=C)c2)N1)C(C)C.C=CCC[C@@H](O[Si](C)(C)C(C)(C)C)[C@@H](C)C(=O)N[C@H](C(=O)N[C@@H](C)C(=O)N1CCC[C@@H](C(=O)N[C@H](C)c2cccc(C=C)c2)N1)C(C)C.CC(C)(C)[Si](C)(C)OS(=O)(=O)C(F)(F)F. The minimum absolute atomic E-state index is 0.0257. The minimum atomic E-state index is -5.48. The summed E-state index contributed by atoms with van der Waals surface area (Å²) in [5, 5.41) is 29.6. The fourth-order valence-electron chi connectivity index (χ4n) is 10.4. The number of hydrogen-bond donors (Lipinski definition) is 9. The molecule has 2 heterocycles. The van der Waals surface area contributed by atoms with Crippen molar-refractivity contribution in [3.63, 3.8) is 0 Å². The van der Waals surface area contributed by atoms with Gasteiger partial charge in [0, 0.05) is 13.1 Å². The number of nitrogens with zero attached hydrogens (tertiary/aromatic N) is 2. The number of aliphatic hydroxyl groups is 1. The highest BCUT2D eigenvalue weighted by atomic mass is 32.2. The van der Waals surface area contributed by atoms with Gasteiger partial charge in [-0.3, -0.25) is 48.4 Å². The summed E-state index contributed by atoms with van der Waals surface area (Å²) in [4.78, 5) is 106. The number of hydrazine groups is 2. The predicted molar refractivity (Wildman–Crippen MR) is 409 cm³/mol. The molecule has 8 amide bonds. The van der Waals surface area contributed by atoms with Gasteiger partial charge < -0.3 is 45.3 Å². The maximum atomic E-state index is 13.6. The van der Waals surface area contributed by atoms with Crippen LogP contribution < -0.4 is 42.8 Å². The predicted octanol–water partition coefficient (Wildman–Crippen LogP) is 11.1. The van der Waals surface area contributed by atoms with Crippen LogP contribution in [0.2, 0.25) is 36.3 Å². The van der Waals surface area contributed by atoms with Gasteiger partial charge in [0.1, 0.15) is 36.3 Å². The number of carbonyl (C=O) groups is 8. The summed E-state index contributed by atoms with van der Waals surface area (Å²) in [5.74, 6) is -4.51. The molecular weight excluding hydrogens is 1390 g/mol. The van der Waals surface area contributed by atoms with E-state index in [-0.39, 0.29) is 64.6 Å². The van der Waals surface area contributed by atoms with Crippen LogP contribution >= 0.6 is 0 Å². The molecule has 586 valence electrons. The Morgan fingerprint density at radius 2 is 0.952 bits per heavy atom. The largest absolute Gasteiger partial charge is 0.522 e. The van der Waals surface area contributed by atoms with Gasteiger partial charge in [-0.05, 0) is 162 Å². The Morgan fingerprint density at radius 3 is 1.30 bits per heavy atom. The van der Waals surface area contributed by atoms with Gasteiger partial charge in [0.2, 0.25) is 43.8 Å². The molecule has 0 unspecified atom stereocenters. The number of allylic oxidation sites excluding steroid dienone is 2. The molecule has 0 spiro atoms. The number of halogens is 3. The maximum absolute atomic E-state index is 13.6. The lowest BCUT2D eigenvalue weighted by atomic mass is 9.97. The number of carbonyl (C=O) groups excluding carboxylic acids is 8. The maximum Gasteiger partial charge on any atom is 0.522 e. The number of rotatable bonds is 32. The molecule has 0 saturated carbocycles. The quantitative estimate of drug-likeness (QED) is 0.0187. The van der Waals surface area contributed by atoms with Gasteiger partial charge in [-0.25, -0.2) is 10.9 Å². The highest BCUT2D eigenvalue weighted by molar-refractivity contribution is 7.88. The number of hydrogen-bond acceptors (Lipinski definition) is 15. The molecule has 2 fully saturated rings. The molecule has 2 aromatic rings. The van der Waals surface area contributed by atoms with Crippen LogP contribution in [0.4, 0.5) is 13.2 Å². The van der Waals surface area contributed by atoms with E-state index >= 15 is 0 Å². The zero-order valence-corrected chi connectivity index (χ0v) is 68.0. The van der Waals surface area contributed by atoms with E-state index < -0.39 is 109 Å². The zero-order chi connectivity index (χ0) is 79.8. The van der Waals surface area contributed by atoms with Crippen LogP contribution in [-0.4, -0.2) is 154 Å². The van der Waals surface area contributed by atoms with Crippen LogP contribution in [0.5, 0.6) is 0 Å². The standard InChI is InChI=1S/C37H61N5O5Si.C31H47N5O5.C7H15F3O3SSi/c1-13-15-21-31(47-48(11,12)37(8,9)10)25(5)33(43)40-32(24(3)4)35(45)39-27(7)36(46)42-22-17-20-30(41-42)34(44)38-26(6)29-19-16-18-28(14-2)23-29;1-8-10-16-26(37)20(5)28(38)34-27(19(3)4)30(40)33-22(7)31(41)36-17-12-15-25(35-36)29(39)32-21(6)24-14-11-13-23(9-2)18-24;1-6(2,3)15(4,5)13-14(11,12)7(8,9)10/h13-14,16,18-19,23-27,30-32,41H,1-2,15,17,20-22H2,3-12H3,(H,38,44)(H,39,45)(H,40,43);8-9,11,13-14,18-22,25-27,35,37H,1-2,10,12,15-17H2,3-7H3,(H,32,39)(H,33,40)(H,34,38);1-5H3/t25-,26-,27+,30+,31-,32+;20-,21-,22+,25+,26-,27+;/m11./s1. The van der Waals surface area contributed by atoms with E-state index in [2.05, 4.69) is 107 Å². The molecule has 2 saturated heterocycles.